The summed E-state index contributed by atoms with van der Waals surface area (Å²) in [6, 6.07) is 14.3. The molecule has 0 heterocycles. The van der Waals surface area contributed by atoms with Gasteiger partial charge in [0.15, 0.2) is 5.78 Å². The van der Waals surface area contributed by atoms with Gasteiger partial charge < -0.3 is 10.6 Å². The van der Waals surface area contributed by atoms with Crippen molar-refractivity contribution in [2.24, 2.45) is 5.73 Å². The second kappa shape index (κ2) is 6.22. The predicted molar refractivity (Wildman–Crippen MR) is 83.8 cm³/mol. The van der Waals surface area contributed by atoms with Crippen molar-refractivity contribution in [1.29, 1.82) is 0 Å². The summed E-state index contributed by atoms with van der Waals surface area (Å²) >= 11 is 0. The van der Waals surface area contributed by atoms with Crippen LogP contribution in [0.5, 0.6) is 0 Å². The van der Waals surface area contributed by atoms with Crippen LogP contribution in [0.1, 0.15) is 26.3 Å². The highest BCUT2D eigenvalue weighted by Crippen LogP contribution is 2.15. The zero-order valence-corrected chi connectivity index (χ0v) is 12.2. The van der Waals surface area contributed by atoms with Crippen molar-refractivity contribution in [3.8, 4) is 0 Å². The van der Waals surface area contributed by atoms with E-state index in [1.165, 1.54) is 0 Å². The Labute approximate surface area is 124 Å². The third-order valence-electron chi connectivity index (χ3n) is 3.29. The quantitative estimate of drug-likeness (QED) is 0.856. The molecule has 0 aliphatic carbocycles. The van der Waals surface area contributed by atoms with Gasteiger partial charge in [-0.05, 0) is 29.8 Å². The van der Waals surface area contributed by atoms with Gasteiger partial charge in [0.25, 0.3) is 0 Å². The number of carbonyl (C=O) groups excluding carboxylic acids is 2. The summed E-state index contributed by atoms with van der Waals surface area (Å²) in [5.41, 5.74) is 8.17. The zero-order valence-electron chi connectivity index (χ0n) is 12.2. The van der Waals surface area contributed by atoms with E-state index < -0.39 is 5.91 Å². The number of hydrogen-bond acceptors (Lipinski definition) is 3. The highest BCUT2D eigenvalue weighted by Gasteiger charge is 2.09. The number of ketones is 1. The minimum absolute atomic E-state index is 0.0468. The van der Waals surface area contributed by atoms with Crippen LogP contribution in [0.2, 0.25) is 0 Å². The van der Waals surface area contributed by atoms with Crippen LogP contribution in [-0.2, 0) is 6.42 Å². The third kappa shape index (κ3) is 3.69. The molecule has 0 unspecified atom stereocenters. The monoisotopic (exact) mass is 282 g/mol. The Balaban J connectivity index is 2.14. The van der Waals surface area contributed by atoms with Crippen LogP contribution in [0, 0.1) is 0 Å². The van der Waals surface area contributed by atoms with Crippen LogP contribution in [0.25, 0.3) is 0 Å². The molecule has 2 N–H and O–H groups in total. The van der Waals surface area contributed by atoms with Crippen LogP contribution in [-0.4, -0.2) is 25.8 Å². The lowest BCUT2D eigenvalue weighted by molar-refractivity contribution is 0.0989. The number of anilines is 1. The first-order chi connectivity index (χ1) is 9.97. The number of carbonyl (C=O) groups is 2. The summed E-state index contributed by atoms with van der Waals surface area (Å²) < 4.78 is 0. The number of amides is 1. The number of benzene rings is 2. The maximum absolute atomic E-state index is 12.3. The Bertz CT molecular complexity index is 661. The van der Waals surface area contributed by atoms with Gasteiger partial charge in [-0.15, -0.1) is 0 Å². The molecule has 0 spiro atoms. The van der Waals surface area contributed by atoms with Gasteiger partial charge in [-0.25, -0.2) is 0 Å². The highest BCUT2D eigenvalue weighted by atomic mass is 16.1. The van der Waals surface area contributed by atoms with E-state index in [4.69, 9.17) is 5.73 Å². The number of primary amides is 1. The number of Topliss-reactive ketones (excluding diaryl/α,β-unsaturated/α-hetero) is 1. The van der Waals surface area contributed by atoms with E-state index in [2.05, 4.69) is 0 Å². The SMILES string of the molecule is CN(C)c1cccc(C(=O)Cc2ccc(C(N)=O)cc2)c1. The van der Waals surface area contributed by atoms with Gasteiger partial charge >= 0.3 is 0 Å². The molecule has 21 heavy (non-hydrogen) atoms. The minimum atomic E-state index is -0.466. The van der Waals surface area contributed by atoms with Crippen molar-refractivity contribution in [3.05, 3.63) is 65.2 Å². The van der Waals surface area contributed by atoms with E-state index in [1.807, 2.05) is 43.3 Å². The number of rotatable bonds is 5. The average molecular weight is 282 g/mol. The van der Waals surface area contributed by atoms with Crippen LogP contribution in [0.4, 0.5) is 5.69 Å². The molecule has 0 atom stereocenters. The lowest BCUT2D eigenvalue weighted by Gasteiger charge is -2.13. The second-order valence-corrected chi connectivity index (χ2v) is 5.11. The van der Waals surface area contributed by atoms with Crippen molar-refractivity contribution >= 4 is 17.4 Å². The van der Waals surface area contributed by atoms with Crippen LogP contribution >= 0.6 is 0 Å². The summed E-state index contributed by atoms with van der Waals surface area (Å²) in [5, 5.41) is 0. The smallest absolute Gasteiger partial charge is 0.248 e. The molecule has 2 rings (SSSR count). The van der Waals surface area contributed by atoms with Crippen LogP contribution in [0.15, 0.2) is 48.5 Å². The zero-order chi connectivity index (χ0) is 15.4. The van der Waals surface area contributed by atoms with E-state index in [1.54, 1.807) is 24.3 Å². The van der Waals surface area contributed by atoms with E-state index in [-0.39, 0.29) is 5.78 Å². The summed E-state index contributed by atoms with van der Waals surface area (Å²) in [4.78, 5) is 25.3. The second-order valence-electron chi connectivity index (χ2n) is 5.11. The van der Waals surface area contributed by atoms with Crippen LogP contribution in [0.3, 0.4) is 0 Å². The Morgan fingerprint density at radius 1 is 1.00 bits per heavy atom. The summed E-state index contributed by atoms with van der Waals surface area (Å²) in [6.07, 6.45) is 0.302. The first-order valence-electron chi connectivity index (χ1n) is 6.66. The molecule has 0 saturated heterocycles. The molecule has 4 heteroatoms. The molecule has 0 aliphatic rings. The molecule has 2 aromatic carbocycles. The van der Waals surface area contributed by atoms with Gasteiger partial charge in [-0.1, -0.05) is 24.3 Å². The Kier molecular flexibility index (Phi) is 4.38. The van der Waals surface area contributed by atoms with E-state index >= 15 is 0 Å². The highest BCUT2D eigenvalue weighted by molar-refractivity contribution is 5.98. The van der Waals surface area contributed by atoms with E-state index in [0.717, 1.165) is 11.3 Å². The van der Waals surface area contributed by atoms with Gasteiger partial charge in [0.2, 0.25) is 5.91 Å². The number of nitrogens with zero attached hydrogens (tertiary/aromatic N) is 1. The van der Waals surface area contributed by atoms with Gasteiger partial charge in [-0.2, -0.15) is 0 Å². The van der Waals surface area contributed by atoms with E-state index in [0.29, 0.717) is 17.5 Å². The molecular weight excluding hydrogens is 264 g/mol. The third-order valence-corrected chi connectivity index (χ3v) is 3.29. The van der Waals surface area contributed by atoms with Crippen LogP contribution < -0.4 is 10.6 Å². The van der Waals surface area contributed by atoms with E-state index in [9.17, 15) is 9.59 Å². The fourth-order valence-corrected chi connectivity index (χ4v) is 2.03. The fourth-order valence-electron chi connectivity index (χ4n) is 2.03. The maximum Gasteiger partial charge on any atom is 0.248 e. The Morgan fingerprint density at radius 2 is 1.67 bits per heavy atom. The standard InChI is InChI=1S/C17H18N2O2/c1-19(2)15-5-3-4-14(11-15)16(20)10-12-6-8-13(9-7-12)17(18)21/h3-9,11H,10H2,1-2H3,(H2,18,21). The average Bonchev–Trinajstić information content (AvgIpc) is 2.48. The Hall–Kier alpha value is -2.62. The van der Waals surface area contributed by atoms with Gasteiger partial charge in [0.1, 0.15) is 0 Å². The molecule has 0 aromatic heterocycles. The number of nitrogens with two attached hydrogens (primary N) is 1. The van der Waals surface area contributed by atoms with Gasteiger partial charge in [-0.3, -0.25) is 9.59 Å². The molecule has 0 saturated carbocycles. The largest absolute Gasteiger partial charge is 0.378 e. The lowest BCUT2D eigenvalue weighted by Crippen LogP contribution is -2.11. The van der Waals surface area contributed by atoms with Crippen molar-refractivity contribution in [2.45, 2.75) is 6.42 Å². The molecule has 1 amide bonds. The lowest BCUT2D eigenvalue weighted by atomic mass is 10.0. The molecule has 108 valence electrons. The molecule has 4 nitrogen and oxygen atoms in total. The van der Waals surface area contributed by atoms with Gasteiger partial charge in [0.05, 0.1) is 0 Å². The molecule has 0 aliphatic heterocycles. The Morgan fingerprint density at radius 3 is 2.24 bits per heavy atom. The molecule has 0 fully saturated rings. The van der Waals surface area contributed by atoms with Crippen molar-refractivity contribution in [1.82, 2.24) is 0 Å². The molecule has 0 bridgehead atoms. The van der Waals surface area contributed by atoms with Crippen molar-refractivity contribution < 1.29 is 9.59 Å². The van der Waals surface area contributed by atoms with Crippen molar-refractivity contribution in [3.63, 3.8) is 0 Å². The normalized spacial score (nSPS) is 10.2. The minimum Gasteiger partial charge on any atom is -0.378 e. The topological polar surface area (TPSA) is 63.4 Å². The summed E-state index contributed by atoms with van der Waals surface area (Å²) in [7, 11) is 3.87. The summed E-state index contributed by atoms with van der Waals surface area (Å²) in [6.45, 7) is 0. The first-order valence-corrected chi connectivity index (χ1v) is 6.66. The first kappa shape index (κ1) is 14.8. The maximum atomic E-state index is 12.3. The van der Waals surface area contributed by atoms with Crippen molar-refractivity contribution in [2.75, 3.05) is 19.0 Å². The van der Waals surface area contributed by atoms with Gasteiger partial charge in [0, 0.05) is 37.3 Å². The summed E-state index contributed by atoms with van der Waals surface area (Å²) in [5.74, 6) is -0.419. The fraction of sp³-hybridized carbons (Fsp3) is 0.176. The molecule has 0 radical (unpaired) electrons. The molecular formula is C17H18N2O2. The molecule has 2 aromatic rings. The number of hydrogen-bond donors (Lipinski definition) is 1. The predicted octanol–water partition coefficient (Wildman–Crippen LogP) is 2.28.